The molecule has 1 fully saturated rings. The van der Waals surface area contributed by atoms with Gasteiger partial charge in [0.25, 0.3) is 0 Å². The van der Waals surface area contributed by atoms with Gasteiger partial charge in [-0.05, 0) is 29.3 Å². The van der Waals surface area contributed by atoms with Crippen LogP contribution < -0.4 is 10.1 Å². The monoisotopic (exact) mass is 457 g/mol. The molecule has 3 heterocycles. The van der Waals surface area contributed by atoms with E-state index >= 15 is 0 Å². The molecule has 1 aliphatic heterocycles. The maximum absolute atomic E-state index is 10.1. The van der Waals surface area contributed by atoms with E-state index in [2.05, 4.69) is 22.4 Å². The molecule has 3 aromatic rings. The molecule has 2 aromatic heterocycles. The number of hydrogen-bond acceptors (Lipinski definition) is 8. The van der Waals surface area contributed by atoms with Crippen molar-refractivity contribution in [2.75, 3.05) is 33.4 Å². The maximum Gasteiger partial charge on any atom is 0.119 e. The van der Waals surface area contributed by atoms with Gasteiger partial charge in [-0.1, -0.05) is 18.2 Å². The first-order valence-corrected chi connectivity index (χ1v) is 11.6. The van der Waals surface area contributed by atoms with Gasteiger partial charge in [-0.25, -0.2) is 4.98 Å². The minimum absolute atomic E-state index is 0.153. The van der Waals surface area contributed by atoms with Gasteiger partial charge in [0, 0.05) is 49.8 Å². The number of pyridine rings is 2. The van der Waals surface area contributed by atoms with Crippen LogP contribution in [0.15, 0.2) is 53.8 Å². The number of hydrogen-bond donors (Lipinski definition) is 1. The molecular weight excluding hydrogens is 434 g/mol. The van der Waals surface area contributed by atoms with Crippen molar-refractivity contribution < 1.29 is 9.47 Å². The normalized spacial score (nSPS) is 13.1. The molecule has 0 spiro atoms. The Labute approximate surface area is 197 Å². The largest absolute Gasteiger partial charge is 0.491 e. The number of aromatic nitrogens is 2. The Bertz CT molecular complexity index is 1180. The van der Waals surface area contributed by atoms with Crippen LogP contribution >= 0.6 is 11.8 Å². The molecule has 0 bridgehead atoms. The van der Waals surface area contributed by atoms with E-state index in [0.29, 0.717) is 46.4 Å². The fourth-order valence-electron chi connectivity index (χ4n) is 3.56. The number of ether oxygens (including phenoxy) is 2. The quantitative estimate of drug-likeness (QED) is 0.381. The second-order valence-corrected chi connectivity index (χ2v) is 8.49. The van der Waals surface area contributed by atoms with Crippen molar-refractivity contribution in [3.63, 3.8) is 0 Å². The smallest absolute Gasteiger partial charge is 0.119 e. The molecule has 1 N–H and O–H groups in total. The van der Waals surface area contributed by atoms with Crippen LogP contribution in [0.5, 0.6) is 5.75 Å². The predicted molar refractivity (Wildman–Crippen MR) is 126 cm³/mol. The Balaban J connectivity index is 1.75. The summed E-state index contributed by atoms with van der Waals surface area (Å²) in [5.74, 6) is 1.49. The number of nitriles is 2. The standard InChI is InChI=1S/C25H23N5O2S/c1-31-9-10-32-20-6-4-18(5-7-20)23-21(11-26)24(19-14-29-15-19)30-25(22(23)12-27)33-16-17-3-2-8-28-13-17/h2-8,13,19,29H,9-10,14-16H2,1H3. The summed E-state index contributed by atoms with van der Waals surface area (Å²) < 4.78 is 10.7. The first-order valence-electron chi connectivity index (χ1n) is 10.6. The van der Waals surface area contributed by atoms with E-state index in [0.717, 1.165) is 29.9 Å². The third kappa shape index (κ3) is 5.15. The average Bonchev–Trinajstić information content (AvgIpc) is 2.82. The fourth-order valence-corrected chi connectivity index (χ4v) is 4.49. The van der Waals surface area contributed by atoms with Crippen LogP contribution in [0.25, 0.3) is 11.1 Å². The first kappa shape index (κ1) is 22.8. The number of benzene rings is 1. The molecular formula is C25H23N5O2S. The zero-order chi connectivity index (χ0) is 23.0. The lowest BCUT2D eigenvalue weighted by atomic mass is 9.88. The molecule has 166 valence electrons. The summed E-state index contributed by atoms with van der Waals surface area (Å²) in [6, 6.07) is 16.0. The average molecular weight is 458 g/mol. The van der Waals surface area contributed by atoms with Crippen LogP contribution in [0.2, 0.25) is 0 Å². The van der Waals surface area contributed by atoms with Crippen LogP contribution in [0.1, 0.15) is 28.3 Å². The highest BCUT2D eigenvalue weighted by molar-refractivity contribution is 7.98. The van der Waals surface area contributed by atoms with E-state index in [1.165, 1.54) is 11.8 Å². The Morgan fingerprint density at radius 1 is 1.09 bits per heavy atom. The Hall–Kier alpha value is -3.43. The zero-order valence-corrected chi connectivity index (χ0v) is 19.1. The van der Waals surface area contributed by atoms with Crippen molar-refractivity contribution >= 4 is 11.8 Å². The van der Waals surface area contributed by atoms with Gasteiger partial charge in [0.05, 0.1) is 23.4 Å². The van der Waals surface area contributed by atoms with Crippen molar-refractivity contribution in [1.82, 2.24) is 15.3 Å². The van der Waals surface area contributed by atoms with Crippen LogP contribution in [0, 0.1) is 22.7 Å². The first-order chi connectivity index (χ1) is 16.2. The van der Waals surface area contributed by atoms with Gasteiger partial charge in [0.15, 0.2) is 0 Å². The van der Waals surface area contributed by atoms with Gasteiger partial charge < -0.3 is 14.8 Å². The van der Waals surface area contributed by atoms with E-state index in [-0.39, 0.29) is 5.92 Å². The SMILES string of the molecule is COCCOc1ccc(-c2c(C#N)c(SCc3cccnc3)nc(C3CNC3)c2C#N)cc1. The summed E-state index contributed by atoms with van der Waals surface area (Å²) in [6.45, 7) is 2.49. The van der Waals surface area contributed by atoms with Crippen molar-refractivity contribution in [2.24, 2.45) is 0 Å². The zero-order valence-electron chi connectivity index (χ0n) is 18.2. The molecule has 33 heavy (non-hydrogen) atoms. The number of methoxy groups -OCH3 is 1. The highest BCUT2D eigenvalue weighted by Crippen LogP contribution is 2.38. The second kappa shape index (κ2) is 10.9. The molecule has 8 heteroatoms. The minimum Gasteiger partial charge on any atom is -0.491 e. The molecule has 0 atom stereocenters. The van der Waals surface area contributed by atoms with E-state index in [4.69, 9.17) is 14.5 Å². The second-order valence-electron chi connectivity index (χ2n) is 7.52. The number of thioether (sulfide) groups is 1. The van der Waals surface area contributed by atoms with Gasteiger partial charge in [-0.3, -0.25) is 4.98 Å². The van der Waals surface area contributed by atoms with Crippen LogP contribution in [-0.4, -0.2) is 43.4 Å². The number of nitrogens with zero attached hydrogens (tertiary/aromatic N) is 4. The molecule has 1 aromatic carbocycles. The number of nitrogens with one attached hydrogen (secondary N) is 1. The lowest BCUT2D eigenvalue weighted by Crippen LogP contribution is -2.41. The van der Waals surface area contributed by atoms with Crippen molar-refractivity contribution in [2.45, 2.75) is 16.7 Å². The Kier molecular flexibility index (Phi) is 7.54. The molecule has 0 saturated carbocycles. The molecule has 4 rings (SSSR count). The predicted octanol–water partition coefficient (Wildman–Crippen LogP) is 3.89. The molecule has 0 amide bonds. The topological polar surface area (TPSA) is 104 Å². The Morgan fingerprint density at radius 3 is 2.48 bits per heavy atom. The molecule has 0 aliphatic carbocycles. The maximum atomic E-state index is 10.1. The van der Waals surface area contributed by atoms with Gasteiger partial charge in [-0.15, -0.1) is 11.8 Å². The van der Waals surface area contributed by atoms with E-state index in [1.54, 1.807) is 13.3 Å². The molecule has 7 nitrogen and oxygen atoms in total. The summed E-state index contributed by atoms with van der Waals surface area (Å²) in [4.78, 5) is 8.99. The number of rotatable bonds is 9. The molecule has 0 unspecified atom stereocenters. The highest BCUT2D eigenvalue weighted by atomic mass is 32.2. The van der Waals surface area contributed by atoms with Crippen molar-refractivity contribution in [1.29, 1.82) is 10.5 Å². The van der Waals surface area contributed by atoms with Crippen LogP contribution in [-0.2, 0) is 10.5 Å². The van der Waals surface area contributed by atoms with E-state index in [9.17, 15) is 10.5 Å². The lowest BCUT2D eigenvalue weighted by Gasteiger charge is -2.28. The molecule has 1 aliphatic rings. The third-order valence-corrected chi connectivity index (χ3v) is 6.43. The van der Waals surface area contributed by atoms with Crippen LogP contribution in [0.4, 0.5) is 0 Å². The summed E-state index contributed by atoms with van der Waals surface area (Å²) in [6.07, 6.45) is 3.54. The highest BCUT2D eigenvalue weighted by Gasteiger charge is 2.29. The van der Waals surface area contributed by atoms with Gasteiger partial charge in [0.1, 0.15) is 29.5 Å². The summed E-state index contributed by atoms with van der Waals surface area (Å²) in [5.41, 5.74) is 4.11. The van der Waals surface area contributed by atoms with E-state index < -0.39 is 0 Å². The summed E-state index contributed by atoms with van der Waals surface area (Å²) >= 11 is 1.49. The van der Waals surface area contributed by atoms with Gasteiger partial charge >= 0.3 is 0 Å². The lowest BCUT2D eigenvalue weighted by molar-refractivity contribution is 0.146. The van der Waals surface area contributed by atoms with Crippen LogP contribution in [0.3, 0.4) is 0 Å². The van der Waals surface area contributed by atoms with Crippen molar-refractivity contribution in [3.8, 4) is 29.0 Å². The summed E-state index contributed by atoms with van der Waals surface area (Å²) in [7, 11) is 1.63. The Morgan fingerprint density at radius 2 is 1.88 bits per heavy atom. The fraction of sp³-hybridized carbons (Fsp3) is 0.280. The molecule has 0 radical (unpaired) electrons. The molecule has 1 saturated heterocycles. The van der Waals surface area contributed by atoms with Crippen molar-refractivity contribution in [3.05, 3.63) is 71.2 Å². The van der Waals surface area contributed by atoms with E-state index in [1.807, 2.05) is 42.6 Å². The van der Waals surface area contributed by atoms with Gasteiger partial charge in [0.2, 0.25) is 0 Å². The van der Waals surface area contributed by atoms with Gasteiger partial charge in [-0.2, -0.15) is 10.5 Å². The summed E-state index contributed by atoms with van der Waals surface area (Å²) in [5, 5.41) is 24.1. The third-order valence-electron chi connectivity index (χ3n) is 5.38. The minimum atomic E-state index is 0.153.